The van der Waals surface area contributed by atoms with E-state index in [1.54, 1.807) is 0 Å². The van der Waals surface area contributed by atoms with Gasteiger partial charge in [-0.3, -0.25) is 0 Å². The van der Waals surface area contributed by atoms with Crippen LogP contribution in [0.3, 0.4) is 0 Å². The van der Waals surface area contributed by atoms with Crippen molar-refractivity contribution in [3.63, 3.8) is 0 Å². The summed E-state index contributed by atoms with van der Waals surface area (Å²) in [6, 6.07) is 0.895. The molecule has 0 aromatic heterocycles. The van der Waals surface area contributed by atoms with Gasteiger partial charge in [0.15, 0.2) is 0 Å². The van der Waals surface area contributed by atoms with Gasteiger partial charge in [0.05, 0.1) is 0 Å². The Kier molecular flexibility index (Phi) is 3.04. The third kappa shape index (κ3) is 2.40. The average Bonchev–Trinajstić information content (AvgIpc) is 2.08. The second-order valence-corrected chi connectivity index (χ2v) is 4.77. The number of carbonyl (C=O) groups is 1. The molecule has 0 fully saturated rings. The van der Waals surface area contributed by atoms with E-state index in [1.807, 2.05) is 0 Å². The molecule has 0 aliphatic carbocycles. The molecule has 0 unspecified atom stereocenters. The van der Waals surface area contributed by atoms with E-state index >= 15 is 0 Å². The van der Waals surface area contributed by atoms with Gasteiger partial charge in [-0.05, 0) is 24.6 Å². The van der Waals surface area contributed by atoms with Crippen molar-refractivity contribution in [3.8, 4) is 0 Å². The van der Waals surface area contributed by atoms with E-state index in [0.717, 1.165) is 6.07 Å². The van der Waals surface area contributed by atoms with Crippen LogP contribution in [0.5, 0.6) is 0 Å². The lowest BCUT2D eigenvalue weighted by Crippen LogP contribution is -2.35. The molecule has 1 rings (SSSR count). The number of hydrogen-bond acceptors (Lipinski definition) is 4. The lowest BCUT2D eigenvalue weighted by atomic mass is 10.2. The molecule has 1 aromatic carbocycles. The normalized spacial score (nSPS) is 11.1. The predicted molar refractivity (Wildman–Crippen MR) is 55.5 cm³/mol. The number of aryl methyl sites for hydroxylation is 1. The van der Waals surface area contributed by atoms with Crippen molar-refractivity contribution in [2.45, 2.75) is 11.8 Å². The molecular formula is C8H10FN3O3S. The smallest absolute Gasteiger partial charge is 0.326 e. The summed E-state index contributed by atoms with van der Waals surface area (Å²) < 4.78 is 37.9. The minimum atomic E-state index is -4.31. The lowest BCUT2D eigenvalue weighted by molar-refractivity contribution is 0.253. The van der Waals surface area contributed by atoms with Crippen molar-refractivity contribution in [1.29, 1.82) is 0 Å². The molecule has 0 saturated heterocycles. The van der Waals surface area contributed by atoms with E-state index in [2.05, 4.69) is 5.73 Å². The Labute approximate surface area is 91.5 Å². The molecule has 0 atom stereocenters. The highest BCUT2D eigenvalue weighted by Crippen LogP contribution is 2.21. The molecule has 5 N–H and O–H groups in total. The van der Waals surface area contributed by atoms with Crippen LogP contribution in [0.15, 0.2) is 17.0 Å². The zero-order valence-electron chi connectivity index (χ0n) is 8.32. The number of nitrogen functional groups attached to an aromatic ring is 1. The Balaban J connectivity index is 3.39. The molecule has 0 aliphatic heterocycles. The number of anilines is 1. The number of carbonyl (C=O) groups excluding carboxylic acids is 1. The van der Waals surface area contributed by atoms with E-state index in [4.69, 9.17) is 5.73 Å². The molecule has 6 nitrogen and oxygen atoms in total. The minimum absolute atomic E-state index is 0.0600. The zero-order valence-corrected chi connectivity index (χ0v) is 9.14. The molecule has 88 valence electrons. The summed E-state index contributed by atoms with van der Waals surface area (Å²) in [5.41, 5.74) is 10.2. The molecule has 0 heterocycles. The molecule has 2 amide bonds. The van der Waals surface area contributed by atoms with Crippen molar-refractivity contribution in [2.75, 3.05) is 5.73 Å². The summed E-state index contributed by atoms with van der Waals surface area (Å²) in [5.74, 6) is -0.969. The van der Waals surface area contributed by atoms with Crippen LogP contribution in [-0.2, 0) is 10.0 Å². The van der Waals surface area contributed by atoms with E-state index < -0.39 is 26.8 Å². The van der Waals surface area contributed by atoms with Gasteiger partial charge >= 0.3 is 6.03 Å². The molecule has 0 saturated carbocycles. The van der Waals surface area contributed by atoms with E-state index in [-0.39, 0.29) is 11.3 Å². The third-order valence-electron chi connectivity index (χ3n) is 1.77. The molecule has 16 heavy (non-hydrogen) atoms. The number of halogens is 1. The van der Waals surface area contributed by atoms with Crippen LogP contribution in [0.4, 0.5) is 14.9 Å². The average molecular weight is 247 g/mol. The van der Waals surface area contributed by atoms with Crippen molar-refractivity contribution < 1.29 is 17.6 Å². The van der Waals surface area contributed by atoms with Crippen LogP contribution in [0.1, 0.15) is 5.56 Å². The summed E-state index contributed by atoms with van der Waals surface area (Å²) >= 11 is 0. The fourth-order valence-electron chi connectivity index (χ4n) is 1.15. The Bertz CT molecular complexity index is 542. The molecule has 8 heteroatoms. The largest absolute Gasteiger partial charge is 0.399 e. The minimum Gasteiger partial charge on any atom is -0.399 e. The van der Waals surface area contributed by atoms with Crippen molar-refractivity contribution in [1.82, 2.24) is 4.72 Å². The number of primary amides is 1. The Morgan fingerprint density at radius 2 is 2.00 bits per heavy atom. The standard InChI is InChI=1S/C8H10FN3O3S/c1-4-2-5(10)3-6(7(4)9)16(14,15)12-8(11)13/h2-3H,10H2,1H3,(H3,11,12,13). The third-order valence-corrected chi connectivity index (χ3v) is 3.11. The van der Waals surface area contributed by atoms with Gasteiger partial charge in [-0.1, -0.05) is 0 Å². The number of sulfonamides is 1. The molecule has 0 aliphatic rings. The maximum atomic E-state index is 13.5. The monoisotopic (exact) mass is 247 g/mol. The van der Waals surface area contributed by atoms with E-state index in [1.165, 1.54) is 17.7 Å². The number of hydrogen-bond donors (Lipinski definition) is 3. The van der Waals surface area contributed by atoms with Gasteiger partial charge in [-0.15, -0.1) is 0 Å². The van der Waals surface area contributed by atoms with Gasteiger partial charge in [0, 0.05) is 5.69 Å². The summed E-state index contributed by atoms with van der Waals surface area (Å²) in [6.45, 7) is 1.36. The number of benzene rings is 1. The molecule has 0 bridgehead atoms. The maximum Gasteiger partial charge on any atom is 0.326 e. The fraction of sp³-hybridized carbons (Fsp3) is 0.125. The number of amides is 2. The highest BCUT2D eigenvalue weighted by Gasteiger charge is 2.22. The van der Waals surface area contributed by atoms with Crippen LogP contribution in [0, 0.1) is 12.7 Å². The SMILES string of the molecule is Cc1cc(N)cc(S(=O)(=O)NC(N)=O)c1F. The van der Waals surface area contributed by atoms with Crippen LogP contribution >= 0.6 is 0 Å². The fourth-order valence-corrected chi connectivity index (χ4v) is 2.21. The summed E-state index contributed by atoms with van der Waals surface area (Å²) in [5, 5.41) is 0. The lowest BCUT2D eigenvalue weighted by Gasteiger charge is -2.08. The van der Waals surface area contributed by atoms with Gasteiger partial charge < -0.3 is 11.5 Å². The quantitative estimate of drug-likeness (QED) is 0.641. The zero-order chi connectivity index (χ0) is 12.5. The first-order valence-electron chi connectivity index (χ1n) is 4.12. The summed E-state index contributed by atoms with van der Waals surface area (Å²) in [4.78, 5) is 9.74. The molecule has 0 radical (unpaired) electrons. The second-order valence-electron chi connectivity index (χ2n) is 3.12. The van der Waals surface area contributed by atoms with Gasteiger partial charge in [0.1, 0.15) is 10.7 Å². The van der Waals surface area contributed by atoms with Crippen LogP contribution in [-0.4, -0.2) is 14.4 Å². The Morgan fingerprint density at radius 3 is 2.50 bits per heavy atom. The number of nitrogens with one attached hydrogen (secondary N) is 1. The van der Waals surface area contributed by atoms with Crippen molar-refractivity contribution in [2.24, 2.45) is 5.73 Å². The number of nitrogens with two attached hydrogens (primary N) is 2. The van der Waals surface area contributed by atoms with Gasteiger partial charge in [-0.25, -0.2) is 22.3 Å². The first kappa shape index (κ1) is 12.2. The summed E-state index contributed by atoms with van der Waals surface area (Å²) in [6.07, 6.45) is 0. The van der Waals surface area contributed by atoms with Crippen molar-refractivity contribution >= 4 is 21.7 Å². The van der Waals surface area contributed by atoms with E-state index in [9.17, 15) is 17.6 Å². The van der Waals surface area contributed by atoms with Gasteiger partial charge in [-0.2, -0.15) is 0 Å². The molecule has 1 aromatic rings. The van der Waals surface area contributed by atoms with Gasteiger partial charge in [0.2, 0.25) is 0 Å². The Morgan fingerprint density at radius 1 is 1.44 bits per heavy atom. The van der Waals surface area contributed by atoms with Crippen LogP contribution in [0.2, 0.25) is 0 Å². The Hall–Kier alpha value is -1.83. The second kappa shape index (κ2) is 3.97. The van der Waals surface area contributed by atoms with Gasteiger partial charge in [0.25, 0.3) is 10.0 Å². The van der Waals surface area contributed by atoms with Crippen LogP contribution in [0.25, 0.3) is 0 Å². The molecule has 0 spiro atoms. The van der Waals surface area contributed by atoms with E-state index in [0.29, 0.717) is 0 Å². The first-order chi connectivity index (χ1) is 7.24. The van der Waals surface area contributed by atoms with Crippen LogP contribution < -0.4 is 16.2 Å². The first-order valence-corrected chi connectivity index (χ1v) is 5.60. The van der Waals surface area contributed by atoms with Crippen molar-refractivity contribution in [3.05, 3.63) is 23.5 Å². The number of urea groups is 1. The highest BCUT2D eigenvalue weighted by molar-refractivity contribution is 7.90. The predicted octanol–water partition coefficient (Wildman–Crippen LogP) is 0.0733. The number of rotatable bonds is 2. The maximum absolute atomic E-state index is 13.5. The molecular weight excluding hydrogens is 237 g/mol. The highest BCUT2D eigenvalue weighted by atomic mass is 32.2. The summed E-state index contributed by atoms with van der Waals surface area (Å²) in [7, 11) is -4.31. The topological polar surface area (TPSA) is 115 Å².